The van der Waals surface area contributed by atoms with Crippen LogP contribution in [0.25, 0.3) is 10.9 Å². The molecule has 0 aliphatic carbocycles. The molecule has 1 amide bonds. The highest BCUT2D eigenvalue weighted by atomic mass is 16.5. The molecule has 0 aliphatic rings. The third kappa shape index (κ3) is 4.06. The van der Waals surface area contributed by atoms with Crippen LogP contribution in [0, 0.1) is 5.41 Å². The van der Waals surface area contributed by atoms with Gasteiger partial charge in [0.1, 0.15) is 11.4 Å². The number of nitrogens with two attached hydrogens (primary N) is 1. The lowest BCUT2D eigenvalue weighted by molar-refractivity contribution is 0.0864. The van der Waals surface area contributed by atoms with E-state index in [-0.39, 0.29) is 11.9 Å². The van der Waals surface area contributed by atoms with Crippen molar-refractivity contribution in [3.05, 3.63) is 54.0 Å². The number of ether oxygens (including phenoxy) is 1. The van der Waals surface area contributed by atoms with Gasteiger partial charge in [0.05, 0.1) is 11.2 Å². The largest absolute Gasteiger partial charge is 0.455 e. The molecular weight excluding hydrogens is 344 g/mol. The van der Waals surface area contributed by atoms with Gasteiger partial charge in [-0.3, -0.25) is 20.1 Å². The monoisotopic (exact) mass is 366 g/mol. The summed E-state index contributed by atoms with van der Waals surface area (Å²) in [6, 6.07) is 11.0. The Kier molecular flexibility index (Phi) is 5.09. The van der Waals surface area contributed by atoms with Crippen molar-refractivity contribution in [1.82, 2.24) is 19.8 Å². The highest BCUT2D eigenvalue weighted by Gasteiger charge is 2.17. The molecule has 0 spiro atoms. The molecule has 0 radical (unpaired) electrons. The number of nitrogens with zero attached hydrogens (tertiary/aromatic N) is 3. The van der Waals surface area contributed by atoms with Gasteiger partial charge in [0, 0.05) is 31.2 Å². The summed E-state index contributed by atoms with van der Waals surface area (Å²) in [6.07, 6.45) is 1.71. The van der Waals surface area contributed by atoms with Crippen molar-refractivity contribution in [2.24, 2.45) is 5.73 Å². The van der Waals surface area contributed by atoms with Crippen LogP contribution >= 0.6 is 0 Å². The van der Waals surface area contributed by atoms with E-state index in [4.69, 9.17) is 15.9 Å². The maximum absolute atomic E-state index is 12.4. The number of aromatic nitrogens is 2. The molecule has 8 nitrogen and oxygen atoms in total. The molecule has 0 saturated heterocycles. The van der Waals surface area contributed by atoms with Crippen LogP contribution in [-0.4, -0.2) is 52.8 Å². The quantitative estimate of drug-likeness (QED) is 0.474. The summed E-state index contributed by atoms with van der Waals surface area (Å²) in [5, 5.41) is 8.24. The first-order valence-corrected chi connectivity index (χ1v) is 8.36. The van der Waals surface area contributed by atoms with Crippen LogP contribution in [0.1, 0.15) is 16.2 Å². The average Bonchev–Trinajstić information content (AvgIpc) is 3.05. The molecule has 27 heavy (non-hydrogen) atoms. The van der Waals surface area contributed by atoms with Gasteiger partial charge in [-0.1, -0.05) is 12.1 Å². The van der Waals surface area contributed by atoms with Gasteiger partial charge in [-0.25, -0.2) is 0 Å². The zero-order valence-corrected chi connectivity index (χ0v) is 15.5. The number of nitrogens with one attached hydrogen (secondary N) is 2. The number of benzene rings is 1. The second kappa shape index (κ2) is 7.46. The van der Waals surface area contributed by atoms with Gasteiger partial charge in [0.25, 0.3) is 5.91 Å². The van der Waals surface area contributed by atoms with Crippen LogP contribution in [-0.2, 0) is 6.54 Å². The molecule has 0 saturated carbocycles. The van der Waals surface area contributed by atoms with E-state index in [0.717, 1.165) is 16.0 Å². The van der Waals surface area contributed by atoms with Crippen LogP contribution < -0.4 is 10.5 Å². The van der Waals surface area contributed by atoms with Crippen LogP contribution in [0.15, 0.2) is 42.6 Å². The number of carbonyl (C=O) groups is 1. The molecule has 2 aromatic heterocycles. The molecular formula is C19H22N6O2. The highest BCUT2D eigenvalue weighted by Crippen LogP contribution is 2.30. The molecule has 0 fully saturated rings. The first-order chi connectivity index (χ1) is 12.8. The Morgan fingerprint density at radius 2 is 2.04 bits per heavy atom. The number of fused-ring (bicyclic) bond motifs is 1. The fraction of sp³-hybridized carbons (Fsp3) is 0.211. The Hall–Kier alpha value is -3.39. The van der Waals surface area contributed by atoms with E-state index >= 15 is 0 Å². The van der Waals surface area contributed by atoms with E-state index < -0.39 is 0 Å². The highest BCUT2D eigenvalue weighted by molar-refractivity contribution is 6.06. The molecule has 4 N–H and O–H groups in total. The number of hydrogen-bond donors (Lipinski definition) is 3. The number of H-pyrrole nitrogens is 1. The van der Waals surface area contributed by atoms with Gasteiger partial charge >= 0.3 is 0 Å². The zero-order chi connectivity index (χ0) is 19.6. The fourth-order valence-corrected chi connectivity index (χ4v) is 2.68. The van der Waals surface area contributed by atoms with Crippen molar-refractivity contribution in [3.8, 4) is 11.5 Å². The number of para-hydroxylation sites is 1. The lowest BCUT2D eigenvalue weighted by Crippen LogP contribution is -2.38. The van der Waals surface area contributed by atoms with E-state index in [1.165, 1.54) is 7.05 Å². The first-order valence-electron chi connectivity index (χ1n) is 8.36. The average molecular weight is 366 g/mol. The van der Waals surface area contributed by atoms with Crippen molar-refractivity contribution in [3.63, 3.8) is 0 Å². The van der Waals surface area contributed by atoms with Gasteiger partial charge in [0.15, 0.2) is 11.7 Å². The minimum atomic E-state index is -0.387. The van der Waals surface area contributed by atoms with Crippen LogP contribution in [0.3, 0.4) is 0 Å². The van der Waals surface area contributed by atoms with E-state index in [0.29, 0.717) is 29.3 Å². The minimum Gasteiger partial charge on any atom is -0.455 e. The maximum Gasteiger partial charge on any atom is 0.276 e. The molecule has 8 heteroatoms. The molecule has 0 aliphatic heterocycles. The summed E-state index contributed by atoms with van der Waals surface area (Å²) in [6.45, 7) is 0.708. The Morgan fingerprint density at radius 3 is 2.74 bits per heavy atom. The van der Waals surface area contributed by atoms with Crippen molar-refractivity contribution in [2.75, 3.05) is 21.1 Å². The minimum absolute atomic E-state index is 0.319. The Bertz CT molecular complexity index is 995. The normalized spacial score (nSPS) is 11.0. The Morgan fingerprint density at radius 1 is 1.26 bits per heavy atom. The zero-order valence-electron chi connectivity index (χ0n) is 15.5. The third-order valence-electron chi connectivity index (χ3n) is 4.01. The van der Waals surface area contributed by atoms with Crippen molar-refractivity contribution in [1.29, 1.82) is 5.41 Å². The van der Waals surface area contributed by atoms with E-state index in [2.05, 4.69) is 9.97 Å². The molecule has 0 atom stereocenters. The van der Waals surface area contributed by atoms with Gasteiger partial charge in [-0.15, -0.1) is 0 Å². The van der Waals surface area contributed by atoms with Gasteiger partial charge in [-0.2, -0.15) is 0 Å². The number of rotatable bonds is 5. The maximum atomic E-state index is 12.4. The third-order valence-corrected chi connectivity index (χ3v) is 4.01. The molecule has 140 valence electrons. The standard InChI is InChI=1S/C19H22N6O2/c1-24(2)11-13-10-14(7-8-22-13)27-16-6-4-5-12-9-15(23-17(12)16)18(26)25(3)19(20)21/h4-10,23H,11H2,1-3H3,(H3,20,21). The topological polar surface area (TPSA) is 111 Å². The lowest BCUT2D eigenvalue weighted by Gasteiger charge is -2.13. The van der Waals surface area contributed by atoms with E-state index in [1.54, 1.807) is 18.3 Å². The molecule has 3 rings (SSSR count). The summed E-state index contributed by atoms with van der Waals surface area (Å²) in [5.41, 5.74) is 7.32. The summed E-state index contributed by atoms with van der Waals surface area (Å²) >= 11 is 0. The lowest BCUT2D eigenvalue weighted by atomic mass is 10.2. The number of aromatic amines is 1. The predicted octanol–water partition coefficient (Wildman–Crippen LogP) is 2.38. The number of carbonyl (C=O) groups excluding carboxylic acids is 1. The second-order valence-electron chi connectivity index (χ2n) is 6.48. The number of hydrogen-bond acceptors (Lipinski definition) is 5. The number of guanidine groups is 1. The number of amides is 1. The smallest absolute Gasteiger partial charge is 0.276 e. The van der Waals surface area contributed by atoms with Gasteiger partial charge < -0.3 is 20.4 Å². The fourth-order valence-electron chi connectivity index (χ4n) is 2.68. The van der Waals surface area contributed by atoms with Crippen molar-refractivity contribution >= 4 is 22.8 Å². The predicted molar refractivity (Wildman–Crippen MR) is 104 cm³/mol. The Balaban J connectivity index is 1.92. The van der Waals surface area contributed by atoms with Crippen LogP contribution in [0.4, 0.5) is 0 Å². The van der Waals surface area contributed by atoms with Crippen molar-refractivity contribution in [2.45, 2.75) is 6.54 Å². The van der Waals surface area contributed by atoms with Crippen LogP contribution in [0.2, 0.25) is 0 Å². The van der Waals surface area contributed by atoms with E-state index in [1.807, 2.05) is 43.3 Å². The van der Waals surface area contributed by atoms with E-state index in [9.17, 15) is 4.79 Å². The Labute approximate surface area is 157 Å². The summed E-state index contributed by atoms with van der Waals surface area (Å²) in [4.78, 5) is 22.9. The van der Waals surface area contributed by atoms with Gasteiger partial charge in [0.2, 0.25) is 0 Å². The first kappa shape index (κ1) is 18.4. The summed E-state index contributed by atoms with van der Waals surface area (Å²) in [7, 11) is 5.41. The number of pyridine rings is 1. The van der Waals surface area contributed by atoms with Crippen LogP contribution in [0.5, 0.6) is 11.5 Å². The molecule has 1 aromatic carbocycles. The summed E-state index contributed by atoms with van der Waals surface area (Å²) < 4.78 is 6.03. The molecule has 2 heterocycles. The molecule has 3 aromatic rings. The summed E-state index contributed by atoms with van der Waals surface area (Å²) in [5.74, 6) is 0.555. The SMILES string of the molecule is CN(C)Cc1cc(Oc2cccc3cc(C(=O)N(C)C(=N)N)[nH]c23)ccn1. The second-order valence-corrected chi connectivity index (χ2v) is 6.48. The van der Waals surface area contributed by atoms with Gasteiger partial charge in [-0.05, 0) is 32.3 Å². The molecule has 0 bridgehead atoms. The van der Waals surface area contributed by atoms with Crippen molar-refractivity contribution < 1.29 is 9.53 Å². The molecule has 0 unspecified atom stereocenters.